The van der Waals surface area contributed by atoms with Gasteiger partial charge in [0.05, 0.1) is 27.7 Å². The maximum atomic E-state index is 13.1. The summed E-state index contributed by atoms with van der Waals surface area (Å²) in [4.78, 5) is 16.6. The zero-order valence-corrected chi connectivity index (χ0v) is 25.2. The summed E-state index contributed by atoms with van der Waals surface area (Å²) in [5.41, 5.74) is 7.81. The molecule has 3 aromatic carbocycles. The van der Waals surface area contributed by atoms with Crippen LogP contribution < -0.4 is 15.8 Å². The Balaban J connectivity index is 0.00000442. The van der Waals surface area contributed by atoms with Crippen LogP contribution in [0.2, 0.25) is 5.02 Å². The molecule has 0 saturated carbocycles. The second kappa shape index (κ2) is 13.1. The Morgan fingerprint density at radius 3 is 2.41 bits per heavy atom. The van der Waals surface area contributed by atoms with Gasteiger partial charge in [0.25, 0.3) is 0 Å². The van der Waals surface area contributed by atoms with Crippen LogP contribution in [-0.2, 0) is 18.1 Å². The Hall–Kier alpha value is -4.32. The zero-order chi connectivity index (χ0) is 30.8. The number of nitrogens with two attached hydrogens (primary N) is 1. The number of hydrogen-bond donors (Lipinski definition) is 4. The van der Waals surface area contributed by atoms with Gasteiger partial charge in [-0.15, -0.1) is 12.4 Å². The average molecular weight is 646 g/mol. The summed E-state index contributed by atoms with van der Waals surface area (Å²) >= 11 is 6.03. The number of imidazole rings is 1. The molecule has 44 heavy (non-hydrogen) atoms. The maximum Gasteiger partial charge on any atom is 0.416 e. The molecule has 0 saturated heterocycles. The van der Waals surface area contributed by atoms with Crippen molar-refractivity contribution in [1.29, 1.82) is 0 Å². The number of ether oxygens (including phenoxy) is 1. The number of hydrogen-bond acceptors (Lipinski definition) is 7. The quantitative estimate of drug-likeness (QED) is 0.129. The van der Waals surface area contributed by atoms with E-state index in [1.54, 1.807) is 42.6 Å². The molecule has 0 fully saturated rings. The topological polar surface area (TPSA) is 122 Å². The molecule has 0 aliphatic rings. The van der Waals surface area contributed by atoms with Gasteiger partial charge in [-0.3, -0.25) is 0 Å². The van der Waals surface area contributed by atoms with Crippen molar-refractivity contribution in [2.24, 2.45) is 0 Å². The standard InChI is InChI=1S/C31H28ClF3N6O2.ClH/c1-30(2,17-37-16-18-5-3-7-21(13-18)43-22-8-4-6-20(15-22)31(33,34)35)28-40-26(19-9-10-23(32)25(42)14-19)27(41-28)24-11-12-38-29(36)39-24;/h3-15,37,42H,16-17H2,1-2H3,(H,40,41)(H2,36,38,39);1H. The van der Waals surface area contributed by atoms with Crippen molar-refractivity contribution in [3.63, 3.8) is 0 Å². The third-order valence-corrected chi connectivity index (χ3v) is 7.01. The number of nitrogen functional groups attached to an aromatic ring is 1. The number of alkyl halides is 3. The Morgan fingerprint density at radius 1 is 0.977 bits per heavy atom. The predicted molar refractivity (Wildman–Crippen MR) is 166 cm³/mol. The first-order valence-electron chi connectivity index (χ1n) is 13.2. The van der Waals surface area contributed by atoms with Crippen molar-refractivity contribution in [1.82, 2.24) is 25.3 Å². The van der Waals surface area contributed by atoms with Crippen LogP contribution in [-0.4, -0.2) is 31.6 Å². The Morgan fingerprint density at radius 2 is 1.70 bits per heavy atom. The van der Waals surface area contributed by atoms with Crippen LogP contribution in [0.5, 0.6) is 17.2 Å². The fourth-order valence-electron chi connectivity index (χ4n) is 4.45. The fourth-order valence-corrected chi connectivity index (χ4v) is 4.57. The molecule has 2 heterocycles. The SMILES string of the molecule is CC(C)(CNCc1cccc(Oc2cccc(C(F)(F)F)c2)c1)c1nc(-c2ccc(Cl)c(O)c2)c(-c2ccnc(N)n2)[nH]1.Cl. The lowest BCUT2D eigenvalue weighted by Gasteiger charge is -2.23. The number of aromatic hydroxyl groups is 1. The number of halogens is 5. The highest BCUT2D eigenvalue weighted by molar-refractivity contribution is 6.32. The summed E-state index contributed by atoms with van der Waals surface area (Å²) in [6.45, 7) is 5.02. The molecule has 230 valence electrons. The summed E-state index contributed by atoms with van der Waals surface area (Å²) in [6, 6.07) is 18.5. The molecule has 0 bridgehead atoms. The molecule has 5 aromatic rings. The van der Waals surface area contributed by atoms with E-state index in [0.717, 1.165) is 17.7 Å². The number of phenolic OH excluding ortho intramolecular Hbond substituents is 1. The van der Waals surface area contributed by atoms with Crippen LogP contribution in [0.25, 0.3) is 22.6 Å². The molecule has 8 nitrogen and oxygen atoms in total. The third-order valence-electron chi connectivity index (χ3n) is 6.69. The van der Waals surface area contributed by atoms with Gasteiger partial charge in [0.1, 0.15) is 23.1 Å². The molecule has 0 aliphatic heterocycles. The predicted octanol–water partition coefficient (Wildman–Crippen LogP) is 7.78. The molecular weight excluding hydrogens is 616 g/mol. The maximum absolute atomic E-state index is 13.1. The van der Waals surface area contributed by atoms with E-state index < -0.39 is 17.2 Å². The summed E-state index contributed by atoms with van der Waals surface area (Å²) in [6.07, 6.45) is -2.90. The van der Waals surface area contributed by atoms with Crippen LogP contribution >= 0.6 is 24.0 Å². The summed E-state index contributed by atoms with van der Waals surface area (Å²) < 4.78 is 44.9. The van der Waals surface area contributed by atoms with E-state index in [1.165, 1.54) is 18.2 Å². The van der Waals surface area contributed by atoms with Crippen LogP contribution in [0.15, 0.2) is 79.0 Å². The lowest BCUT2D eigenvalue weighted by atomic mass is 9.92. The van der Waals surface area contributed by atoms with Gasteiger partial charge in [-0.2, -0.15) is 13.2 Å². The first-order chi connectivity index (χ1) is 20.4. The molecule has 0 spiro atoms. The highest BCUT2D eigenvalue weighted by Gasteiger charge is 2.31. The summed E-state index contributed by atoms with van der Waals surface area (Å²) in [7, 11) is 0. The minimum Gasteiger partial charge on any atom is -0.506 e. The number of aromatic nitrogens is 4. The van der Waals surface area contributed by atoms with Crippen LogP contribution in [0.3, 0.4) is 0 Å². The first-order valence-corrected chi connectivity index (χ1v) is 13.6. The van der Waals surface area contributed by atoms with E-state index in [-0.39, 0.29) is 34.9 Å². The second-order valence-electron chi connectivity index (χ2n) is 10.5. The van der Waals surface area contributed by atoms with E-state index >= 15 is 0 Å². The Labute approximate surface area is 262 Å². The molecule has 2 aromatic heterocycles. The summed E-state index contributed by atoms with van der Waals surface area (Å²) in [5, 5.41) is 13.9. The van der Waals surface area contributed by atoms with Crippen molar-refractivity contribution in [3.05, 3.63) is 101 Å². The van der Waals surface area contributed by atoms with Crippen LogP contribution in [0, 0.1) is 0 Å². The van der Waals surface area contributed by atoms with Gasteiger partial charge < -0.3 is 25.9 Å². The first kappa shape index (κ1) is 32.6. The minimum absolute atomic E-state index is 0. The number of rotatable bonds is 9. The van der Waals surface area contributed by atoms with Crippen LogP contribution in [0.4, 0.5) is 19.1 Å². The van der Waals surface area contributed by atoms with E-state index in [2.05, 4.69) is 20.3 Å². The van der Waals surface area contributed by atoms with E-state index in [0.29, 0.717) is 47.3 Å². The highest BCUT2D eigenvalue weighted by atomic mass is 35.5. The number of nitrogens with zero attached hydrogens (tertiary/aromatic N) is 3. The molecule has 5 N–H and O–H groups in total. The number of nitrogens with one attached hydrogen (secondary N) is 2. The monoisotopic (exact) mass is 644 g/mol. The van der Waals surface area contributed by atoms with E-state index in [4.69, 9.17) is 27.1 Å². The fraction of sp³-hybridized carbons (Fsp3) is 0.194. The number of phenols is 1. The van der Waals surface area contributed by atoms with Crippen LogP contribution in [0.1, 0.15) is 30.8 Å². The van der Waals surface area contributed by atoms with Gasteiger partial charge in [-0.25, -0.2) is 15.0 Å². The number of H-pyrrole nitrogens is 1. The van der Waals surface area contributed by atoms with Gasteiger partial charge >= 0.3 is 6.18 Å². The molecular formula is C31H29Cl2F3N6O2. The lowest BCUT2D eigenvalue weighted by molar-refractivity contribution is -0.137. The number of benzene rings is 3. The number of aromatic amines is 1. The molecule has 0 unspecified atom stereocenters. The smallest absolute Gasteiger partial charge is 0.416 e. The lowest BCUT2D eigenvalue weighted by Crippen LogP contribution is -2.33. The van der Waals surface area contributed by atoms with Crippen molar-refractivity contribution in [2.75, 3.05) is 12.3 Å². The number of anilines is 1. The Kier molecular flexibility index (Phi) is 9.72. The zero-order valence-electron chi connectivity index (χ0n) is 23.6. The van der Waals surface area contributed by atoms with Crippen molar-refractivity contribution in [2.45, 2.75) is 32.0 Å². The molecule has 13 heteroatoms. The average Bonchev–Trinajstić information content (AvgIpc) is 3.41. The molecule has 0 atom stereocenters. The van der Waals surface area contributed by atoms with Gasteiger partial charge in [-0.05, 0) is 54.1 Å². The second-order valence-corrected chi connectivity index (χ2v) is 10.9. The third kappa shape index (κ3) is 7.60. The normalized spacial score (nSPS) is 11.7. The van der Waals surface area contributed by atoms with Gasteiger partial charge in [0.2, 0.25) is 5.95 Å². The highest BCUT2D eigenvalue weighted by Crippen LogP contribution is 2.36. The van der Waals surface area contributed by atoms with Gasteiger partial charge in [-0.1, -0.05) is 49.7 Å². The molecule has 0 radical (unpaired) electrons. The van der Waals surface area contributed by atoms with Gasteiger partial charge in [0, 0.05) is 30.3 Å². The van der Waals surface area contributed by atoms with E-state index in [9.17, 15) is 18.3 Å². The summed E-state index contributed by atoms with van der Waals surface area (Å²) in [5.74, 6) is 1.23. The van der Waals surface area contributed by atoms with Crippen molar-refractivity contribution >= 4 is 30.0 Å². The van der Waals surface area contributed by atoms with E-state index in [1.807, 2.05) is 19.9 Å². The van der Waals surface area contributed by atoms with Crippen molar-refractivity contribution < 1.29 is 23.0 Å². The Bertz CT molecular complexity index is 1760. The molecule has 0 aliphatic carbocycles. The van der Waals surface area contributed by atoms with Crippen molar-refractivity contribution in [3.8, 4) is 39.9 Å². The van der Waals surface area contributed by atoms with Gasteiger partial charge in [0.15, 0.2) is 0 Å². The molecule has 5 rings (SSSR count). The molecule has 0 amide bonds. The minimum atomic E-state index is -4.45. The largest absolute Gasteiger partial charge is 0.506 e.